The SMILES string of the molecule is Cc1c(-c2ccncc2)nc(NC[C@@H](N)Cc2ccc(F)cc2F)n(C)c1=O. The fraction of sp³-hybridized carbons (Fsp3) is 0.250. The van der Waals surface area contributed by atoms with Crippen molar-refractivity contribution in [2.75, 3.05) is 11.9 Å². The topological polar surface area (TPSA) is 85.8 Å². The lowest BCUT2D eigenvalue weighted by atomic mass is 10.1. The number of halogens is 2. The van der Waals surface area contributed by atoms with E-state index in [4.69, 9.17) is 5.73 Å². The van der Waals surface area contributed by atoms with E-state index in [1.165, 1.54) is 16.7 Å². The van der Waals surface area contributed by atoms with Gasteiger partial charge in [0.15, 0.2) is 0 Å². The molecule has 0 aliphatic rings. The quantitative estimate of drug-likeness (QED) is 0.681. The molecule has 0 bridgehead atoms. The largest absolute Gasteiger partial charge is 0.354 e. The van der Waals surface area contributed by atoms with Crippen LogP contribution in [0.25, 0.3) is 11.3 Å². The van der Waals surface area contributed by atoms with E-state index in [-0.39, 0.29) is 18.5 Å². The van der Waals surface area contributed by atoms with Gasteiger partial charge < -0.3 is 11.1 Å². The lowest BCUT2D eigenvalue weighted by Gasteiger charge is -2.17. The van der Waals surface area contributed by atoms with Crippen LogP contribution in [0.2, 0.25) is 0 Å². The van der Waals surface area contributed by atoms with Gasteiger partial charge in [0, 0.05) is 49.2 Å². The highest BCUT2D eigenvalue weighted by Crippen LogP contribution is 2.19. The van der Waals surface area contributed by atoms with Crippen molar-refractivity contribution in [3.63, 3.8) is 0 Å². The zero-order valence-electron chi connectivity index (χ0n) is 15.6. The van der Waals surface area contributed by atoms with Gasteiger partial charge in [-0.25, -0.2) is 13.8 Å². The Hall–Kier alpha value is -3.13. The van der Waals surface area contributed by atoms with Crippen LogP contribution < -0.4 is 16.6 Å². The fourth-order valence-electron chi connectivity index (χ4n) is 2.93. The van der Waals surface area contributed by atoms with E-state index < -0.39 is 17.7 Å². The zero-order valence-corrected chi connectivity index (χ0v) is 15.6. The molecule has 0 saturated heterocycles. The third kappa shape index (κ3) is 4.23. The first kappa shape index (κ1) is 19.6. The molecule has 0 fully saturated rings. The van der Waals surface area contributed by atoms with Crippen LogP contribution >= 0.6 is 0 Å². The number of nitrogens with two attached hydrogens (primary N) is 1. The van der Waals surface area contributed by atoms with Gasteiger partial charge in [-0.2, -0.15) is 0 Å². The van der Waals surface area contributed by atoms with Crippen molar-refractivity contribution in [3.8, 4) is 11.3 Å². The molecule has 1 aromatic carbocycles. The summed E-state index contributed by atoms with van der Waals surface area (Å²) in [5.41, 5.74) is 8.10. The van der Waals surface area contributed by atoms with Crippen LogP contribution in [0.4, 0.5) is 14.7 Å². The second kappa shape index (κ2) is 8.26. The average molecular weight is 385 g/mol. The Labute approximate surface area is 161 Å². The maximum absolute atomic E-state index is 13.8. The van der Waals surface area contributed by atoms with E-state index in [1.807, 2.05) is 0 Å². The van der Waals surface area contributed by atoms with Gasteiger partial charge in [0.05, 0.1) is 5.69 Å². The lowest BCUT2D eigenvalue weighted by Crippen LogP contribution is -2.34. The Bertz CT molecular complexity index is 1040. The van der Waals surface area contributed by atoms with E-state index >= 15 is 0 Å². The summed E-state index contributed by atoms with van der Waals surface area (Å²) in [6, 6.07) is 6.52. The van der Waals surface area contributed by atoms with Crippen molar-refractivity contribution in [2.45, 2.75) is 19.4 Å². The number of pyridine rings is 1. The Morgan fingerprint density at radius 3 is 2.61 bits per heavy atom. The number of hydrogen-bond donors (Lipinski definition) is 2. The van der Waals surface area contributed by atoms with Crippen molar-refractivity contribution in [1.29, 1.82) is 0 Å². The molecule has 0 saturated carbocycles. The van der Waals surface area contributed by atoms with E-state index in [2.05, 4.69) is 15.3 Å². The minimum atomic E-state index is -0.629. The summed E-state index contributed by atoms with van der Waals surface area (Å²) in [6.45, 7) is 1.98. The van der Waals surface area contributed by atoms with E-state index in [9.17, 15) is 13.6 Å². The lowest BCUT2D eigenvalue weighted by molar-refractivity contribution is 0.562. The fourth-order valence-corrected chi connectivity index (χ4v) is 2.93. The van der Waals surface area contributed by atoms with Gasteiger partial charge >= 0.3 is 0 Å². The molecule has 3 rings (SSSR count). The summed E-state index contributed by atoms with van der Waals surface area (Å²) in [4.78, 5) is 21.1. The standard InChI is InChI=1S/C20H21F2N5O/c1-12-18(13-5-7-24-8-6-13)26-20(27(2)19(12)28)25-11-16(23)9-14-3-4-15(21)10-17(14)22/h3-8,10,16H,9,11,23H2,1-2H3,(H,25,26)/t16-/m0/s1. The van der Waals surface area contributed by atoms with Gasteiger partial charge in [-0.1, -0.05) is 6.07 Å². The Balaban J connectivity index is 1.78. The number of aromatic nitrogens is 3. The number of nitrogens with one attached hydrogen (secondary N) is 1. The zero-order chi connectivity index (χ0) is 20.3. The average Bonchev–Trinajstić information content (AvgIpc) is 2.68. The monoisotopic (exact) mass is 385 g/mol. The molecule has 3 aromatic rings. The third-order valence-corrected chi connectivity index (χ3v) is 4.49. The van der Waals surface area contributed by atoms with Crippen molar-refractivity contribution >= 4 is 5.95 Å². The Kier molecular flexibility index (Phi) is 5.79. The van der Waals surface area contributed by atoms with E-state index in [1.54, 1.807) is 38.5 Å². The first-order chi connectivity index (χ1) is 13.4. The van der Waals surface area contributed by atoms with Crippen LogP contribution in [0.15, 0.2) is 47.5 Å². The van der Waals surface area contributed by atoms with Crippen molar-refractivity contribution in [3.05, 3.63) is 75.8 Å². The normalized spacial score (nSPS) is 12.0. The molecule has 0 aliphatic heterocycles. The van der Waals surface area contributed by atoms with Gasteiger partial charge in [0.1, 0.15) is 11.6 Å². The summed E-state index contributed by atoms with van der Waals surface area (Å²) in [5.74, 6) is -0.899. The second-order valence-corrected chi connectivity index (χ2v) is 6.59. The number of nitrogens with zero attached hydrogens (tertiary/aromatic N) is 3. The van der Waals surface area contributed by atoms with Crippen molar-refractivity contribution in [1.82, 2.24) is 14.5 Å². The molecule has 0 spiro atoms. The molecule has 8 heteroatoms. The van der Waals surface area contributed by atoms with Gasteiger partial charge in [-0.3, -0.25) is 14.3 Å². The van der Waals surface area contributed by atoms with Gasteiger partial charge in [-0.05, 0) is 37.1 Å². The Morgan fingerprint density at radius 1 is 1.21 bits per heavy atom. The summed E-state index contributed by atoms with van der Waals surface area (Å²) < 4.78 is 28.2. The highest BCUT2D eigenvalue weighted by Gasteiger charge is 2.14. The number of benzene rings is 1. The van der Waals surface area contributed by atoms with Gasteiger partial charge in [0.2, 0.25) is 5.95 Å². The van der Waals surface area contributed by atoms with Crippen LogP contribution in [0, 0.1) is 18.6 Å². The molecule has 6 nitrogen and oxygen atoms in total. The molecule has 3 N–H and O–H groups in total. The van der Waals surface area contributed by atoms with E-state index in [0.29, 0.717) is 22.8 Å². The number of anilines is 1. The summed E-state index contributed by atoms with van der Waals surface area (Å²) in [6.07, 6.45) is 3.48. The molecule has 0 unspecified atom stereocenters. The molecule has 1 atom stereocenters. The molecular formula is C20H21F2N5O. The summed E-state index contributed by atoms with van der Waals surface area (Å²) >= 11 is 0. The molecule has 146 valence electrons. The summed E-state index contributed by atoms with van der Waals surface area (Å²) in [5, 5.41) is 3.06. The van der Waals surface area contributed by atoms with Crippen molar-refractivity contribution < 1.29 is 8.78 Å². The van der Waals surface area contributed by atoms with E-state index in [0.717, 1.165) is 11.6 Å². The van der Waals surface area contributed by atoms with Crippen molar-refractivity contribution in [2.24, 2.45) is 12.8 Å². The number of hydrogen-bond acceptors (Lipinski definition) is 5. The number of rotatable bonds is 6. The maximum atomic E-state index is 13.8. The first-order valence-electron chi connectivity index (χ1n) is 8.78. The van der Waals surface area contributed by atoms with Gasteiger partial charge in [0.25, 0.3) is 5.56 Å². The minimum absolute atomic E-state index is 0.178. The third-order valence-electron chi connectivity index (χ3n) is 4.49. The predicted molar refractivity (Wildman–Crippen MR) is 104 cm³/mol. The van der Waals surface area contributed by atoms with Crippen LogP contribution in [0.5, 0.6) is 0 Å². The smallest absolute Gasteiger partial charge is 0.258 e. The molecule has 2 heterocycles. The molecule has 0 radical (unpaired) electrons. The van der Waals surface area contributed by atoms with Crippen LogP contribution in [0.3, 0.4) is 0 Å². The van der Waals surface area contributed by atoms with Crippen LogP contribution in [-0.2, 0) is 13.5 Å². The Morgan fingerprint density at radius 2 is 1.93 bits per heavy atom. The van der Waals surface area contributed by atoms with Crippen LogP contribution in [0.1, 0.15) is 11.1 Å². The highest BCUT2D eigenvalue weighted by atomic mass is 19.1. The molecule has 0 amide bonds. The highest BCUT2D eigenvalue weighted by molar-refractivity contribution is 5.63. The minimum Gasteiger partial charge on any atom is -0.354 e. The molecule has 0 aliphatic carbocycles. The first-order valence-corrected chi connectivity index (χ1v) is 8.78. The maximum Gasteiger partial charge on any atom is 0.258 e. The molecular weight excluding hydrogens is 364 g/mol. The van der Waals surface area contributed by atoms with Crippen LogP contribution in [-0.4, -0.2) is 27.1 Å². The van der Waals surface area contributed by atoms with Gasteiger partial charge in [-0.15, -0.1) is 0 Å². The molecule has 28 heavy (non-hydrogen) atoms. The molecule has 2 aromatic heterocycles. The summed E-state index contributed by atoms with van der Waals surface area (Å²) in [7, 11) is 1.62. The predicted octanol–water partition coefficient (Wildman–Crippen LogP) is 2.41. The second-order valence-electron chi connectivity index (χ2n) is 6.59.